The highest BCUT2D eigenvalue weighted by Gasteiger charge is 2.11. The number of amides is 1. The lowest BCUT2D eigenvalue weighted by Crippen LogP contribution is -2.21. The SMILES string of the molecule is COc1cc(/C=N/NC(=O)Cc2nc3ccccc3n2C)ccc1OCC#N. The second-order valence-electron chi connectivity index (χ2n) is 5.90. The molecule has 0 aliphatic heterocycles. The highest BCUT2D eigenvalue weighted by molar-refractivity contribution is 5.84. The lowest BCUT2D eigenvalue weighted by Gasteiger charge is -2.08. The molecule has 3 rings (SSSR count). The molecule has 0 unspecified atom stereocenters. The van der Waals surface area contributed by atoms with E-state index in [-0.39, 0.29) is 18.9 Å². The number of nitriles is 1. The van der Waals surface area contributed by atoms with Gasteiger partial charge in [-0.25, -0.2) is 10.4 Å². The van der Waals surface area contributed by atoms with Crippen LogP contribution in [0.3, 0.4) is 0 Å². The first-order chi connectivity index (χ1) is 13.6. The Labute approximate surface area is 162 Å². The van der Waals surface area contributed by atoms with Crippen LogP contribution in [-0.4, -0.2) is 35.4 Å². The van der Waals surface area contributed by atoms with Gasteiger partial charge in [-0.05, 0) is 35.9 Å². The number of nitrogens with one attached hydrogen (secondary N) is 1. The van der Waals surface area contributed by atoms with Gasteiger partial charge in [-0.2, -0.15) is 10.4 Å². The Kier molecular flexibility index (Phi) is 5.87. The molecule has 142 valence electrons. The first-order valence-corrected chi connectivity index (χ1v) is 8.52. The van der Waals surface area contributed by atoms with Crippen molar-refractivity contribution < 1.29 is 14.3 Å². The topological polar surface area (TPSA) is 102 Å². The number of nitrogens with zero attached hydrogens (tertiary/aromatic N) is 4. The zero-order chi connectivity index (χ0) is 19.9. The summed E-state index contributed by atoms with van der Waals surface area (Å²) in [5.41, 5.74) is 5.03. The molecule has 8 nitrogen and oxygen atoms in total. The molecular formula is C20H19N5O3. The summed E-state index contributed by atoms with van der Waals surface area (Å²) in [6, 6.07) is 14.7. The fraction of sp³-hybridized carbons (Fsp3) is 0.200. The van der Waals surface area contributed by atoms with Gasteiger partial charge in [-0.15, -0.1) is 0 Å². The van der Waals surface area contributed by atoms with Gasteiger partial charge in [0.1, 0.15) is 11.9 Å². The Morgan fingerprint density at radius 2 is 2.14 bits per heavy atom. The largest absolute Gasteiger partial charge is 0.493 e. The van der Waals surface area contributed by atoms with E-state index in [2.05, 4.69) is 15.5 Å². The number of imidazole rings is 1. The highest BCUT2D eigenvalue weighted by Crippen LogP contribution is 2.27. The standard InChI is InChI=1S/C20H19N5O3/c1-25-16-6-4-3-5-15(16)23-19(25)12-20(26)24-22-13-14-7-8-17(28-10-9-21)18(11-14)27-2/h3-8,11,13H,10,12H2,1-2H3,(H,24,26)/b22-13+. The van der Waals surface area contributed by atoms with Crippen molar-refractivity contribution in [1.82, 2.24) is 15.0 Å². The minimum atomic E-state index is -0.268. The summed E-state index contributed by atoms with van der Waals surface area (Å²) < 4.78 is 12.4. The molecular weight excluding hydrogens is 358 g/mol. The molecule has 28 heavy (non-hydrogen) atoms. The summed E-state index contributed by atoms with van der Waals surface area (Å²) >= 11 is 0. The Bertz CT molecular complexity index is 1070. The molecule has 2 aromatic carbocycles. The van der Waals surface area contributed by atoms with Gasteiger partial charge in [0.25, 0.3) is 0 Å². The van der Waals surface area contributed by atoms with Crippen molar-refractivity contribution in [3.63, 3.8) is 0 Å². The molecule has 0 saturated carbocycles. The van der Waals surface area contributed by atoms with Gasteiger partial charge in [-0.1, -0.05) is 12.1 Å². The minimum Gasteiger partial charge on any atom is -0.493 e. The molecule has 1 amide bonds. The number of fused-ring (bicyclic) bond motifs is 1. The molecule has 8 heteroatoms. The third-order valence-corrected chi connectivity index (χ3v) is 4.08. The Morgan fingerprint density at radius 3 is 2.89 bits per heavy atom. The molecule has 0 aliphatic rings. The van der Waals surface area contributed by atoms with Gasteiger partial charge in [0.15, 0.2) is 18.1 Å². The fourth-order valence-corrected chi connectivity index (χ4v) is 2.71. The van der Waals surface area contributed by atoms with Crippen molar-refractivity contribution in [1.29, 1.82) is 5.26 Å². The summed E-state index contributed by atoms with van der Waals surface area (Å²) in [5, 5.41) is 12.6. The third kappa shape index (κ3) is 4.27. The van der Waals surface area contributed by atoms with Crippen LogP contribution >= 0.6 is 0 Å². The number of hydrogen-bond acceptors (Lipinski definition) is 6. The molecule has 0 radical (unpaired) electrons. The Morgan fingerprint density at radius 1 is 1.32 bits per heavy atom. The summed E-state index contributed by atoms with van der Waals surface area (Å²) in [7, 11) is 3.39. The second-order valence-corrected chi connectivity index (χ2v) is 5.90. The Balaban J connectivity index is 1.63. The second kappa shape index (κ2) is 8.68. The molecule has 0 spiro atoms. The van der Waals surface area contributed by atoms with Gasteiger partial charge in [0, 0.05) is 7.05 Å². The third-order valence-electron chi connectivity index (χ3n) is 4.08. The van der Waals surface area contributed by atoms with Crippen molar-refractivity contribution in [3.05, 3.63) is 53.9 Å². The van der Waals surface area contributed by atoms with Gasteiger partial charge in [-0.3, -0.25) is 4.79 Å². The molecule has 0 fully saturated rings. The molecule has 0 atom stereocenters. The van der Waals surface area contributed by atoms with Crippen LogP contribution in [0.4, 0.5) is 0 Å². The number of hydrazone groups is 1. The monoisotopic (exact) mass is 377 g/mol. The van der Waals surface area contributed by atoms with Crippen LogP contribution in [0.5, 0.6) is 11.5 Å². The van der Waals surface area contributed by atoms with Gasteiger partial charge >= 0.3 is 0 Å². The van der Waals surface area contributed by atoms with E-state index in [0.717, 1.165) is 11.0 Å². The highest BCUT2D eigenvalue weighted by atomic mass is 16.5. The number of benzene rings is 2. The van der Waals surface area contributed by atoms with E-state index in [1.165, 1.54) is 13.3 Å². The number of ether oxygens (including phenoxy) is 2. The van der Waals surface area contributed by atoms with E-state index in [1.807, 2.05) is 41.9 Å². The average Bonchev–Trinajstić information content (AvgIpc) is 3.02. The number of para-hydroxylation sites is 2. The number of aromatic nitrogens is 2. The van der Waals surface area contributed by atoms with Crippen molar-refractivity contribution in [2.24, 2.45) is 12.1 Å². The number of hydrogen-bond donors (Lipinski definition) is 1. The summed E-state index contributed by atoms with van der Waals surface area (Å²) in [6.07, 6.45) is 1.62. The van der Waals surface area contributed by atoms with Crippen LogP contribution in [-0.2, 0) is 18.3 Å². The van der Waals surface area contributed by atoms with E-state index in [0.29, 0.717) is 22.9 Å². The smallest absolute Gasteiger partial charge is 0.247 e. The van der Waals surface area contributed by atoms with Crippen molar-refractivity contribution in [2.45, 2.75) is 6.42 Å². The van der Waals surface area contributed by atoms with E-state index in [4.69, 9.17) is 14.7 Å². The normalized spacial score (nSPS) is 10.8. The van der Waals surface area contributed by atoms with Crippen molar-refractivity contribution in [2.75, 3.05) is 13.7 Å². The average molecular weight is 377 g/mol. The van der Waals surface area contributed by atoms with Crippen LogP contribution < -0.4 is 14.9 Å². The molecule has 1 heterocycles. The van der Waals surface area contributed by atoms with Crippen molar-refractivity contribution >= 4 is 23.2 Å². The first-order valence-electron chi connectivity index (χ1n) is 8.52. The van der Waals surface area contributed by atoms with Crippen LogP contribution in [0.2, 0.25) is 0 Å². The van der Waals surface area contributed by atoms with Crippen LogP contribution in [0.1, 0.15) is 11.4 Å². The number of aryl methyl sites for hydroxylation is 1. The zero-order valence-electron chi connectivity index (χ0n) is 15.5. The molecule has 1 aromatic heterocycles. The van der Waals surface area contributed by atoms with E-state index >= 15 is 0 Å². The van der Waals surface area contributed by atoms with Crippen molar-refractivity contribution in [3.8, 4) is 17.6 Å². The quantitative estimate of drug-likeness (QED) is 0.502. The van der Waals surface area contributed by atoms with E-state index < -0.39 is 0 Å². The van der Waals surface area contributed by atoms with Crippen LogP contribution in [0.15, 0.2) is 47.6 Å². The molecule has 3 aromatic rings. The molecule has 0 bridgehead atoms. The van der Waals surface area contributed by atoms with Gasteiger partial charge < -0.3 is 14.0 Å². The van der Waals surface area contributed by atoms with E-state index in [9.17, 15) is 4.79 Å². The van der Waals surface area contributed by atoms with Gasteiger partial charge in [0.05, 0.1) is 30.8 Å². The van der Waals surface area contributed by atoms with Crippen LogP contribution in [0, 0.1) is 11.3 Å². The maximum atomic E-state index is 12.2. The van der Waals surface area contributed by atoms with Crippen LogP contribution in [0.25, 0.3) is 11.0 Å². The predicted octanol–water partition coefficient (Wildman–Crippen LogP) is 2.18. The Hall–Kier alpha value is -3.86. The predicted molar refractivity (Wildman–Crippen MR) is 104 cm³/mol. The summed E-state index contributed by atoms with van der Waals surface area (Å²) in [4.78, 5) is 16.6. The lowest BCUT2D eigenvalue weighted by molar-refractivity contribution is -0.120. The molecule has 0 aliphatic carbocycles. The van der Waals surface area contributed by atoms with Gasteiger partial charge in [0.2, 0.25) is 5.91 Å². The number of carbonyl (C=O) groups is 1. The number of carbonyl (C=O) groups excluding carboxylic acids is 1. The molecule has 0 saturated heterocycles. The number of methoxy groups -OCH3 is 1. The number of rotatable bonds is 7. The molecule has 1 N–H and O–H groups in total. The zero-order valence-corrected chi connectivity index (χ0v) is 15.5. The maximum absolute atomic E-state index is 12.2. The maximum Gasteiger partial charge on any atom is 0.247 e. The lowest BCUT2D eigenvalue weighted by atomic mass is 10.2. The minimum absolute atomic E-state index is 0.0674. The van der Waals surface area contributed by atoms with E-state index in [1.54, 1.807) is 18.2 Å². The summed E-state index contributed by atoms with van der Waals surface area (Å²) in [6.45, 7) is -0.0674. The summed E-state index contributed by atoms with van der Waals surface area (Å²) in [5.74, 6) is 1.34. The fourth-order valence-electron chi connectivity index (χ4n) is 2.71. The first kappa shape index (κ1) is 18.9.